The van der Waals surface area contributed by atoms with Crippen LogP contribution in [0.2, 0.25) is 0 Å². The minimum atomic E-state index is 0.507. The van der Waals surface area contributed by atoms with Crippen LogP contribution in [-0.4, -0.2) is 14.2 Å². The minimum absolute atomic E-state index is 0.507. The third-order valence-electron chi connectivity index (χ3n) is 6.13. The van der Waals surface area contributed by atoms with Gasteiger partial charge in [-0.1, -0.05) is 36.4 Å². The lowest BCUT2D eigenvalue weighted by atomic mass is 9.94. The van der Waals surface area contributed by atoms with Crippen LogP contribution in [0.5, 0.6) is 17.2 Å². The highest BCUT2D eigenvalue weighted by atomic mass is 16.5. The number of hydrogen-bond acceptors (Lipinski definition) is 3. The normalized spacial score (nSPS) is 12.2. The number of ether oxygens (including phenoxy) is 3. The molecule has 156 valence electrons. The Hall–Kier alpha value is -3.53. The SMILES string of the molecule is COc1cc2c(cc1OCc1ccccc1)-c1cc3ccc(OC)c(C)c3c[n+]1CC2. The van der Waals surface area contributed by atoms with Crippen molar-refractivity contribution in [3.63, 3.8) is 0 Å². The van der Waals surface area contributed by atoms with Gasteiger partial charge in [0, 0.05) is 18.1 Å². The maximum absolute atomic E-state index is 6.18. The molecule has 0 bridgehead atoms. The highest BCUT2D eigenvalue weighted by Gasteiger charge is 2.26. The molecule has 31 heavy (non-hydrogen) atoms. The van der Waals surface area contributed by atoms with Crippen LogP contribution in [0, 0.1) is 6.92 Å². The number of methoxy groups -OCH3 is 2. The van der Waals surface area contributed by atoms with Gasteiger partial charge in [0.25, 0.3) is 0 Å². The molecule has 0 aliphatic carbocycles. The van der Waals surface area contributed by atoms with Crippen LogP contribution in [0.25, 0.3) is 22.0 Å². The average molecular weight is 413 g/mol. The lowest BCUT2D eigenvalue weighted by Gasteiger charge is -2.19. The van der Waals surface area contributed by atoms with Crippen molar-refractivity contribution < 1.29 is 18.8 Å². The summed E-state index contributed by atoms with van der Waals surface area (Å²) in [6.07, 6.45) is 3.21. The van der Waals surface area contributed by atoms with E-state index in [9.17, 15) is 0 Å². The molecule has 1 aromatic heterocycles. The molecule has 0 saturated carbocycles. The molecule has 1 aliphatic rings. The molecule has 0 fully saturated rings. The zero-order valence-electron chi connectivity index (χ0n) is 18.1. The summed E-state index contributed by atoms with van der Waals surface area (Å²) in [5, 5.41) is 2.43. The van der Waals surface area contributed by atoms with Crippen LogP contribution in [-0.2, 0) is 19.6 Å². The Morgan fingerprint density at radius 2 is 1.68 bits per heavy atom. The van der Waals surface area contributed by atoms with Crippen molar-refractivity contribution in [2.45, 2.75) is 26.5 Å². The lowest BCUT2D eigenvalue weighted by Crippen LogP contribution is -2.40. The number of aromatic nitrogens is 1. The van der Waals surface area contributed by atoms with Gasteiger partial charge in [0.2, 0.25) is 5.69 Å². The number of aryl methyl sites for hydroxylation is 3. The fourth-order valence-corrected chi connectivity index (χ4v) is 4.42. The van der Waals surface area contributed by atoms with E-state index in [0.29, 0.717) is 6.61 Å². The Labute approximate surface area is 182 Å². The molecular formula is C27H26NO3+. The molecule has 4 nitrogen and oxygen atoms in total. The lowest BCUT2D eigenvalue weighted by molar-refractivity contribution is -0.686. The van der Waals surface area contributed by atoms with E-state index < -0.39 is 0 Å². The summed E-state index contributed by atoms with van der Waals surface area (Å²) < 4.78 is 19.7. The number of pyridine rings is 1. The minimum Gasteiger partial charge on any atom is -0.496 e. The topological polar surface area (TPSA) is 31.6 Å². The number of nitrogens with zero attached hydrogens (tertiary/aromatic N) is 1. The van der Waals surface area contributed by atoms with Crippen molar-refractivity contribution in [2.75, 3.05) is 14.2 Å². The van der Waals surface area contributed by atoms with Crippen molar-refractivity contribution in [1.29, 1.82) is 0 Å². The molecule has 4 aromatic rings. The number of fused-ring (bicyclic) bond motifs is 4. The van der Waals surface area contributed by atoms with Crippen LogP contribution < -0.4 is 18.8 Å². The summed E-state index contributed by atoms with van der Waals surface area (Å²) >= 11 is 0. The third-order valence-corrected chi connectivity index (χ3v) is 6.13. The van der Waals surface area contributed by atoms with Crippen LogP contribution >= 0.6 is 0 Å². The smallest absolute Gasteiger partial charge is 0.213 e. The van der Waals surface area contributed by atoms with E-state index in [-0.39, 0.29) is 0 Å². The van der Waals surface area contributed by atoms with Gasteiger partial charge in [0.1, 0.15) is 12.4 Å². The van der Waals surface area contributed by atoms with Gasteiger partial charge < -0.3 is 14.2 Å². The van der Waals surface area contributed by atoms with Gasteiger partial charge in [-0.05, 0) is 41.6 Å². The first-order chi connectivity index (χ1) is 15.2. The molecule has 0 atom stereocenters. The van der Waals surface area contributed by atoms with E-state index >= 15 is 0 Å². The Morgan fingerprint density at radius 3 is 2.45 bits per heavy atom. The van der Waals surface area contributed by atoms with E-state index in [1.165, 1.54) is 33.2 Å². The summed E-state index contributed by atoms with van der Waals surface area (Å²) in [4.78, 5) is 0. The van der Waals surface area contributed by atoms with Gasteiger partial charge in [0.05, 0.1) is 25.2 Å². The van der Waals surface area contributed by atoms with Gasteiger partial charge in [-0.15, -0.1) is 0 Å². The summed E-state index contributed by atoms with van der Waals surface area (Å²) in [5.74, 6) is 2.47. The fourth-order valence-electron chi connectivity index (χ4n) is 4.42. The number of rotatable bonds is 5. The zero-order chi connectivity index (χ0) is 21.4. The molecule has 0 N–H and O–H groups in total. The monoisotopic (exact) mass is 412 g/mol. The van der Waals surface area contributed by atoms with Crippen molar-refractivity contribution >= 4 is 10.8 Å². The quantitative estimate of drug-likeness (QED) is 0.419. The van der Waals surface area contributed by atoms with Crippen molar-refractivity contribution in [3.8, 4) is 28.5 Å². The van der Waals surface area contributed by atoms with Gasteiger partial charge in [0.15, 0.2) is 24.2 Å². The largest absolute Gasteiger partial charge is 0.496 e. The molecule has 3 aromatic carbocycles. The molecule has 2 heterocycles. The van der Waals surface area contributed by atoms with Crippen molar-refractivity contribution in [3.05, 3.63) is 83.6 Å². The molecule has 5 rings (SSSR count). The van der Waals surface area contributed by atoms with Gasteiger partial charge in [-0.25, -0.2) is 0 Å². The summed E-state index contributed by atoms with van der Waals surface area (Å²) in [6.45, 7) is 3.56. The van der Waals surface area contributed by atoms with E-state index in [4.69, 9.17) is 14.2 Å². The number of hydrogen-bond donors (Lipinski definition) is 0. The fraction of sp³-hybridized carbons (Fsp3) is 0.222. The zero-order valence-corrected chi connectivity index (χ0v) is 18.1. The first-order valence-electron chi connectivity index (χ1n) is 10.6. The van der Waals surface area contributed by atoms with Crippen LogP contribution in [0.4, 0.5) is 0 Å². The van der Waals surface area contributed by atoms with Crippen molar-refractivity contribution in [2.24, 2.45) is 0 Å². The van der Waals surface area contributed by atoms with E-state index in [0.717, 1.165) is 35.8 Å². The molecule has 0 spiro atoms. The molecular weight excluding hydrogens is 386 g/mol. The first kappa shape index (κ1) is 19.4. The van der Waals surface area contributed by atoms with Gasteiger partial charge in [-0.3, -0.25) is 0 Å². The maximum atomic E-state index is 6.18. The molecule has 4 heteroatoms. The summed E-state index contributed by atoms with van der Waals surface area (Å²) in [5.41, 5.74) is 5.99. The maximum Gasteiger partial charge on any atom is 0.213 e. The van der Waals surface area contributed by atoms with Crippen LogP contribution in [0.1, 0.15) is 16.7 Å². The Bertz CT molecular complexity index is 1260. The number of benzene rings is 3. The molecule has 0 saturated heterocycles. The Balaban J connectivity index is 1.58. The van der Waals surface area contributed by atoms with Gasteiger partial charge in [-0.2, -0.15) is 4.57 Å². The van der Waals surface area contributed by atoms with E-state index in [1.54, 1.807) is 14.2 Å². The van der Waals surface area contributed by atoms with Crippen molar-refractivity contribution in [1.82, 2.24) is 0 Å². The molecule has 0 amide bonds. The van der Waals surface area contributed by atoms with Crippen LogP contribution in [0.15, 0.2) is 66.9 Å². The summed E-state index contributed by atoms with van der Waals surface area (Å²) in [6, 6.07) is 20.9. The van der Waals surface area contributed by atoms with Gasteiger partial charge >= 0.3 is 0 Å². The van der Waals surface area contributed by atoms with Crippen LogP contribution in [0.3, 0.4) is 0 Å². The van der Waals surface area contributed by atoms with E-state index in [2.05, 4.69) is 54.1 Å². The highest BCUT2D eigenvalue weighted by Crippen LogP contribution is 2.38. The van der Waals surface area contributed by atoms with E-state index in [1.807, 2.05) is 24.3 Å². The second-order valence-electron chi connectivity index (χ2n) is 7.93. The third kappa shape index (κ3) is 3.48. The Morgan fingerprint density at radius 1 is 0.871 bits per heavy atom. The first-order valence-corrected chi connectivity index (χ1v) is 10.6. The second kappa shape index (κ2) is 7.95. The molecule has 1 aliphatic heterocycles. The highest BCUT2D eigenvalue weighted by molar-refractivity contribution is 5.89. The predicted molar refractivity (Wildman–Crippen MR) is 122 cm³/mol. The Kier molecular flexibility index (Phi) is 4.99. The molecule has 0 unspecified atom stereocenters. The standard InChI is InChI=1S/C27H26NO3/c1-18-23-16-28-12-11-21-14-26(30-3)27(31-17-19-7-5-4-6-8-19)15-22(21)24(28)13-20(23)9-10-25(18)29-2/h4-10,13-16H,11-12,17H2,1-3H3/q+1. The summed E-state index contributed by atoms with van der Waals surface area (Å²) in [7, 11) is 3.42. The second-order valence-corrected chi connectivity index (χ2v) is 7.93. The molecule has 0 radical (unpaired) electrons. The predicted octanol–water partition coefficient (Wildman–Crippen LogP) is 5.26. The average Bonchev–Trinajstić information content (AvgIpc) is 2.82.